The van der Waals surface area contributed by atoms with E-state index in [0.29, 0.717) is 28.8 Å². The summed E-state index contributed by atoms with van der Waals surface area (Å²) in [5.41, 5.74) is 0.669. The molecule has 116 valence electrons. The number of amides is 1. The maximum Gasteiger partial charge on any atom is 0.265 e. The molecule has 0 radical (unpaired) electrons. The van der Waals surface area contributed by atoms with Crippen LogP contribution in [-0.4, -0.2) is 18.6 Å². The van der Waals surface area contributed by atoms with E-state index in [4.69, 9.17) is 21.1 Å². The fourth-order valence-electron chi connectivity index (χ4n) is 1.85. The van der Waals surface area contributed by atoms with Crippen molar-refractivity contribution in [3.05, 3.63) is 53.6 Å². The first-order chi connectivity index (χ1) is 10.6. The summed E-state index contributed by atoms with van der Waals surface area (Å²) in [4.78, 5) is 12.1. The summed E-state index contributed by atoms with van der Waals surface area (Å²) < 4.78 is 11.0. The van der Waals surface area contributed by atoms with Gasteiger partial charge in [-0.2, -0.15) is 0 Å². The van der Waals surface area contributed by atoms with E-state index in [2.05, 4.69) is 5.32 Å². The smallest absolute Gasteiger partial charge is 0.265 e. The summed E-state index contributed by atoms with van der Waals surface area (Å²) in [6.07, 6.45) is -0.628. The van der Waals surface area contributed by atoms with Crippen molar-refractivity contribution in [3.63, 3.8) is 0 Å². The lowest BCUT2D eigenvalue weighted by atomic mass is 10.2. The summed E-state index contributed by atoms with van der Waals surface area (Å²) in [6, 6.07) is 14.1. The van der Waals surface area contributed by atoms with Crippen LogP contribution in [-0.2, 0) is 4.79 Å². The van der Waals surface area contributed by atoms with Crippen LogP contribution in [0.25, 0.3) is 0 Å². The molecule has 1 atom stereocenters. The third kappa shape index (κ3) is 4.67. The quantitative estimate of drug-likeness (QED) is 0.870. The van der Waals surface area contributed by atoms with E-state index in [1.54, 1.807) is 43.3 Å². The number of hydrogen-bond acceptors (Lipinski definition) is 3. The highest BCUT2D eigenvalue weighted by molar-refractivity contribution is 6.30. The molecule has 0 heterocycles. The average molecular weight is 320 g/mol. The molecule has 22 heavy (non-hydrogen) atoms. The van der Waals surface area contributed by atoms with Gasteiger partial charge in [0.1, 0.15) is 11.5 Å². The van der Waals surface area contributed by atoms with Crippen molar-refractivity contribution in [2.45, 2.75) is 20.0 Å². The molecule has 0 fully saturated rings. The molecule has 0 saturated heterocycles. The highest BCUT2D eigenvalue weighted by atomic mass is 35.5. The highest BCUT2D eigenvalue weighted by Gasteiger charge is 2.15. The van der Waals surface area contributed by atoms with Gasteiger partial charge in [0.05, 0.1) is 6.61 Å². The standard InChI is InChI=1S/C17H18ClNO3/c1-3-21-16-6-4-5-14(11-16)19-17(20)12(2)22-15-9-7-13(18)8-10-15/h4-12H,3H2,1-2H3,(H,19,20)/t12-/m0/s1. The second-order valence-electron chi connectivity index (χ2n) is 4.66. The first-order valence-electron chi connectivity index (χ1n) is 7.04. The first-order valence-corrected chi connectivity index (χ1v) is 7.42. The number of halogens is 1. The Morgan fingerprint density at radius 3 is 2.59 bits per heavy atom. The maximum absolute atomic E-state index is 12.1. The fraction of sp³-hybridized carbons (Fsp3) is 0.235. The van der Waals surface area contributed by atoms with Crippen molar-refractivity contribution in [2.24, 2.45) is 0 Å². The Hall–Kier alpha value is -2.20. The minimum Gasteiger partial charge on any atom is -0.494 e. The third-order valence-electron chi connectivity index (χ3n) is 2.91. The Morgan fingerprint density at radius 1 is 1.18 bits per heavy atom. The first kappa shape index (κ1) is 16.2. The maximum atomic E-state index is 12.1. The van der Waals surface area contributed by atoms with Crippen molar-refractivity contribution < 1.29 is 14.3 Å². The molecule has 0 aromatic heterocycles. The van der Waals surface area contributed by atoms with Gasteiger partial charge in [-0.05, 0) is 50.2 Å². The van der Waals surface area contributed by atoms with Crippen LogP contribution < -0.4 is 14.8 Å². The third-order valence-corrected chi connectivity index (χ3v) is 3.16. The number of carbonyl (C=O) groups is 1. The molecule has 0 spiro atoms. The van der Waals surface area contributed by atoms with Gasteiger partial charge in [0.2, 0.25) is 0 Å². The molecule has 2 aromatic rings. The Kier molecular flexibility index (Phi) is 5.67. The molecule has 0 aliphatic rings. The van der Waals surface area contributed by atoms with Crippen LogP contribution in [0.15, 0.2) is 48.5 Å². The second kappa shape index (κ2) is 7.71. The monoisotopic (exact) mass is 319 g/mol. The summed E-state index contributed by atoms with van der Waals surface area (Å²) >= 11 is 5.81. The molecule has 1 amide bonds. The van der Waals surface area contributed by atoms with E-state index in [0.717, 1.165) is 0 Å². The molecule has 4 nitrogen and oxygen atoms in total. The molecule has 0 aliphatic carbocycles. The lowest BCUT2D eigenvalue weighted by Crippen LogP contribution is -2.30. The van der Waals surface area contributed by atoms with Gasteiger partial charge < -0.3 is 14.8 Å². The Morgan fingerprint density at radius 2 is 1.91 bits per heavy atom. The number of ether oxygens (including phenoxy) is 2. The van der Waals surface area contributed by atoms with Gasteiger partial charge in [0.25, 0.3) is 5.91 Å². The molecule has 0 bridgehead atoms. The van der Waals surface area contributed by atoms with Crippen LogP contribution in [0.5, 0.6) is 11.5 Å². The number of anilines is 1. The zero-order valence-corrected chi connectivity index (χ0v) is 13.3. The summed E-state index contributed by atoms with van der Waals surface area (Å²) in [5.74, 6) is 1.07. The number of benzene rings is 2. The van der Waals surface area contributed by atoms with Gasteiger partial charge in [-0.1, -0.05) is 17.7 Å². The van der Waals surface area contributed by atoms with E-state index in [-0.39, 0.29) is 5.91 Å². The zero-order chi connectivity index (χ0) is 15.9. The van der Waals surface area contributed by atoms with Gasteiger partial charge in [0, 0.05) is 16.8 Å². The van der Waals surface area contributed by atoms with E-state index in [1.165, 1.54) is 0 Å². The van der Waals surface area contributed by atoms with E-state index in [9.17, 15) is 4.79 Å². The average Bonchev–Trinajstić information content (AvgIpc) is 2.50. The molecule has 5 heteroatoms. The SMILES string of the molecule is CCOc1cccc(NC(=O)[C@H](C)Oc2ccc(Cl)cc2)c1. The van der Waals surface area contributed by atoms with Crippen molar-refractivity contribution in [1.29, 1.82) is 0 Å². The summed E-state index contributed by atoms with van der Waals surface area (Å²) in [6.45, 7) is 4.18. The van der Waals surface area contributed by atoms with E-state index >= 15 is 0 Å². The molecule has 0 unspecified atom stereocenters. The van der Waals surface area contributed by atoms with Crippen molar-refractivity contribution in [3.8, 4) is 11.5 Å². The van der Waals surface area contributed by atoms with E-state index in [1.807, 2.05) is 19.1 Å². The zero-order valence-electron chi connectivity index (χ0n) is 12.5. The van der Waals surface area contributed by atoms with Crippen molar-refractivity contribution >= 4 is 23.2 Å². The lowest BCUT2D eigenvalue weighted by Gasteiger charge is -2.15. The minimum atomic E-state index is -0.628. The Labute approximate surface area is 135 Å². The van der Waals surface area contributed by atoms with Gasteiger partial charge in [-0.3, -0.25) is 4.79 Å². The predicted octanol–water partition coefficient (Wildman–Crippen LogP) is 4.14. The van der Waals surface area contributed by atoms with Crippen LogP contribution in [0.1, 0.15) is 13.8 Å². The fourth-order valence-corrected chi connectivity index (χ4v) is 1.97. The number of rotatable bonds is 6. The van der Waals surface area contributed by atoms with Gasteiger partial charge in [-0.25, -0.2) is 0 Å². The second-order valence-corrected chi connectivity index (χ2v) is 5.10. The Balaban J connectivity index is 1.96. The molecule has 2 rings (SSSR count). The van der Waals surface area contributed by atoms with Crippen LogP contribution in [0.2, 0.25) is 5.02 Å². The van der Waals surface area contributed by atoms with Gasteiger partial charge in [0.15, 0.2) is 6.10 Å². The minimum absolute atomic E-state index is 0.233. The molecule has 1 N–H and O–H groups in total. The summed E-state index contributed by atoms with van der Waals surface area (Å²) in [5, 5.41) is 3.42. The largest absolute Gasteiger partial charge is 0.494 e. The van der Waals surface area contributed by atoms with E-state index < -0.39 is 6.10 Å². The lowest BCUT2D eigenvalue weighted by molar-refractivity contribution is -0.122. The molecular weight excluding hydrogens is 302 g/mol. The van der Waals surface area contributed by atoms with Crippen LogP contribution in [0.3, 0.4) is 0 Å². The molecule has 0 aliphatic heterocycles. The predicted molar refractivity (Wildman–Crippen MR) is 87.8 cm³/mol. The number of carbonyl (C=O) groups excluding carboxylic acids is 1. The van der Waals surface area contributed by atoms with Crippen molar-refractivity contribution in [2.75, 3.05) is 11.9 Å². The topological polar surface area (TPSA) is 47.6 Å². The summed E-state index contributed by atoms with van der Waals surface area (Å²) in [7, 11) is 0. The van der Waals surface area contributed by atoms with Crippen LogP contribution >= 0.6 is 11.6 Å². The van der Waals surface area contributed by atoms with Gasteiger partial charge >= 0.3 is 0 Å². The van der Waals surface area contributed by atoms with Crippen LogP contribution in [0, 0.1) is 0 Å². The van der Waals surface area contributed by atoms with Crippen LogP contribution in [0.4, 0.5) is 5.69 Å². The Bertz CT molecular complexity index is 628. The molecule has 0 saturated carbocycles. The number of nitrogens with one attached hydrogen (secondary N) is 1. The molecule has 2 aromatic carbocycles. The van der Waals surface area contributed by atoms with Gasteiger partial charge in [-0.15, -0.1) is 0 Å². The normalized spacial score (nSPS) is 11.6. The number of hydrogen-bond donors (Lipinski definition) is 1. The highest BCUT2D eigenvalue weighted by Crippen LogP contribution is 2.19. The van der Waals surface area contributed by atoms with Crippen molar-refractivity contribution in [1.82, 2.24) is 0 Å². The molecular formula is C17H18ClNO3.